The van der Waals surface area contributed by atoms with Gasteiger partial charge in [-0.25, -0.2) is 0 Å². The topological polar surface area (TPSA) is 42.4 Å². The van der Waals surface area contributed by atoms with Crippen LogP contribution in [0.25, 0.3) is 0 Å². The number of hydrogen-bond donors (Lipinski definition) is 1. The SMILES string of the molecule is CCC1CCN(Cc2cc(CN)oc2C)CC1. The molecule has 0 radical (unpaired) electrons. The lowest BCUT2D eigenvalue weighted by atomic mass is 9.94. The van der Waals surface area contributed by atoms with Gasteiger partial charge in [-0.1, -0.05) is 13.3 Å². The summed E-state index contributed by atoms with van der Waals surface area (Å²) in [4.78, 5) is 2.53. The summed E-state index contributed by atoms with van der Waals surface area (Å²) in [6.45, 7) is 8.30. The minimum atomic E-state index is 0.499. The molecular formula is C14H24N2O. The standard InChI is InChI=1S/C14H24N2O/c1-3-12-4-6-16(7-5-12)10-13-8-14(9-15)17-11(13)2/h8,12H,3-7,9-10,15H2,1-2H3. The Bertz CT molecular complexity index is 351. The van der Waals surface area contributed by atoms with Crippen LogP contribution < -0.4 is 5.73 Å². The van der Waals surface area contributed by atoms with Crippen molar-refractivity contribution in [1.29, 1.82) is 0 Å². The normalized spacial score (nSPS) is 18.8. The van der Waals surface area contributed by atoms with Crippen LogP contribution in [0.5, 0.6) is 0 Å². The Balaban J connectivity index is 1.90. The molecule has 2 N–H and O–H groups in total. The van der Waals surface area contributed by atoms with Crippen molar-refractivity contribution in [3.8, 4) is 0 Å². The van der Waals surface area contributed by atoms with Crippen molar-refractivity contribution in [2.45, 2.75) is 46.2 Å². The Hall–Kier alpha value is -0.800. The van der Waals surface area contributed by atoms with Crippen LogP contribution in [0.2, 0.25) is 0 Å². The third-order valence-electron chi connectivity index (χ3n) is 3.95. The number of nitrogens with two attached hydrogens (primary N) is 1. The minimum absolute atomic E-state index is 0.499. The Morgan fingerprint density at radius 1 is 1.41 bits per heavy atom. The average Bonchev–Trinajstić information content (AvgIpc) is 2.71. The largest absolute Gasteiger partial charge is 0.465 e. The number of nitrogens with zero attached hydrogens (tertiary/aromatic N) is 1. The van der Waals surface area contributed by atoms with Crippen LogP contribution in [0.15, 0.2) is 10.5 Å². The first-order valence-corrected chi connectivity index (χ1v) is 6.73. The number of likely N-dealkylation sites (tertiary alicyclic amines) is 1. The molecule has 1 fully saturated rings. The molecule has 1 aromatic heterocycles. The van der Waals surface area contributed by atoms with Gasteiger partial charge in [-0.3, -0.25) is 4.90 Å². The highest BCUT2D eigenvalue weighted by Gasteiger charge is 2.19. The van der Waals surface area contributed by atoms with Crippen molar-refractivity contribution >= 4 is 0 Å². The van der Waals surface area contributed by atoms with Gasteiger partial charge in [-0.05, 0) is 44.8 Å². The number of hydrogen-bond acceptors (Lipinski definition) is 3. The summed E-state index contributed by atoms with van der Waals surface area (Å²) in [7, 11) is 0. The summed E-state index contributed by atoms with van der Waals surface area (Å²) >= 11 is 0. The lowest BCUT2D eigenvalue weighted by Gasteiger charge is -2.31. The lowest BCUT2D eigenvalue weighted by Crippen LogP contribution is -2.33. The predicted molar refractivity (Wildman–Crippen MR) is 69.6 cm³/mol. The molecule has 17 heavy (non-hydrogen) atoms. The smallest absolute Gasteiger partial charge is 0.118 e. The van der Waals surface area contributed by atoms with E-state index in [1.807, 2.05) is 6.92 Å². The lowest BCUT2D eigenvalue weighted by molar-refractivity contribution is 0.174. The fourth-order valence-electron chi connectivity index (χ4n) is 2.64. The number of rotatable bonds is 4. The van der Waals surface area contributed by atoms with Gasteiger partial charge in [0.2, 0.25) is 0 Å². The molecule has 0 unspecified atom stereocenters. The summed E-state index contributed by atoms with van der Waals surface area (Å²) in [6, 6.07) is 2.11. The molecule has 2 rings (SSSR count). The van der Waals surface area contributed by atoms with Crippen LogP contribution in [-0.4, -0.2) is 18.0 Å². The molecule has 3 nitrogen and oxygen atoms in total. The fraction of sp³-hybridized carbons (Fsp3) is 0.714. The van der Waals surface area contributed by atoms with E-state index in [2.05, 4.69) is 17.9 Å². The molecule has 1 aromatic rings. The minimum Gasteiger partial charge on any atom is -0.465 e. The molecule has 1 aliphatic heterocycles. The highest BCUT2D eigenvalue weighted by atomic mass is 16.3. The summed E-state index contributed by atoms with van der Waals surface area (Å²) in [6.07, 6.45) is 4.02. The highest BCUT2D eigenvalue weighted by Crippen LogP contribution is 2.23. The number of aryl methyl sites for hydroxylation is 1. The summed E-state index contributed by atoms with van der Waals surface area (Å²) in [5.41, 5.74) is 6.90. The maximum absolute atomic E-state index is 5.60. The van der Waals surface area contributed by atoms with E-state index in [1.54, 1.807) is 0 Å². The first-order chi connectivity index (χ1) is 8.22. The van der Waals surface area contributed by atoms with Gasteiger partial charge in [0.05, 0.1) is 6.54 Å². The van der Waals surface area contributed by atoms with Gasteiger partial charge in [0, 0.05) is 12.1 Å². The maximum atomic E-state index is 5.60. The third kappa shape index (κ3) is 3.11. The van der Waals surface area contributed by atoms with E-state index < -0.39 is 0 Å². The van der Waals surface area contributed by atoms with Crippen molar-refractivity contribution in [3.05, 3.63) is 23.2 Å². The zero-order valence-electron chi connectivity index (χ0n) is 11.0. The van der Waals surface area contributed by atoms with Crippen molar-refractivity contribution in [2.75, 3.05) is 13.1 Å². The molecule has 0 spiro atoms. The Morgan fingerprint density at radius 2 is 2.12 bits per heavy atom. The Morgan fingerprint density at radius 3 is 2.65 bits per heavy atom. The number of piperidine rings is 1. The molecule has 0 amide bonds. The average molecular weight is 236 g/mol. The summed E-state index contributed by atoms with van der Waals surface area (Å²) in [5.74, 6) is 2.88. The van der Waals surface area contributed by atoms with Crippen LogP contribution in [-0.2, 0) is 13.1 Å². The van der Waals surface area contributed by atoms with Crippen LogP contribution in [0.1, 0.15) is 43.3 Å². The second kappa shape index (κ2) is 5.69. The second-order valence-corrected chi connectivity index (χ2v) is 5.13. The van der Waals surface area contributed by atoms with Gasteiger partial charge in [-0.15, -0.1) is 0 Å². The summed E-state index contributed by atoms with van der Waals surface area (Å²) < 4.78 is 5.60. The van der Waals surface area contributed by atoms with E-state index in [0.29, 0.717) is 6.54 Å². The zero-order chi connectivity index (χ0) is 12.3. The molecule has 1 saturated heterocycles. The third-order valence-corrected chi connectivity index (χ3v) is 3.95. The van der Waals surface area contributed by atoms with Crippen molar-refractivity contribution in [1.82, 2.24) is 4.90 Å². The van der Waals surface area contributed by atoms with Gasteiger partial charge >= 0.3 is 0 Å². The monoisotopic (exact) mass is 236 g/mol. The van der Waals surface area contributed by atoms with Gasteiger partial charge in [0.25, 0.3) is 0 Å². The molecular weight excluding hydrogens is 212 g/mol. The van der Waals surface area contributed by atoms with Gasteiger partial charge in [-0.2, -0.15) is 0 Å². The zero-order valence-corrected chi connectivity index (χ0v) is 11.0. The van der Waals surface area contributed by atoms with Crippen molar-refractivity contribution in [3.63, 3.8) is 0 Å². The maximum Gasteiger partial charge on any atom is 0.118 e. The Labute approximate surface area is 104 Å². The molecule has 0 atom stereocenters. The predicted octanol–water partition coefficient (Wildman–Crippen LogP) is 2.67. The molecule has 96 valence electrons. The van der Waals surface area contributed by atoms with E-state index in [9.17, 15) is 0 Å². The van der Waals surface area contributed by atoms with Crippen LogP contribution in [0.4, 0.5) is 0 Å². The van der Waals surface area contributed by atoms with E-state index in [-0.39, 0.29) is 0 Å². The van der Waals surface area contributed by atoms with Crippen LogP contribution in [0, 0.1) is 12.8 Å². The first-order valence-electron chi connectivity index (χ1n) is 6.73. The van der Waals surface area contributed by atoms with E-state index >= 15 is 0 Å². The van der Waals surface area contributed by atoms with Crippen LogP contribution in [0.3, 0.4) is 0 Å². The fourth-order valence-corrected chi connectivity index (χ4v) is 2.64. The quantitative estimate of drug-likeness (QED) is 0.874. The molecule has 0 aromatic carbocycles. The van der Waals surface area contributed by atoms with Crippen molar-refractivity contribution < 1.29 is 4.42 Å². The van der Waals surface area contributed by atoms with Gasteiger partial charge in [0.15, 0.2) is 0 Å². The highest BCUT2D eigenvalue weighted by molar-refractivity contribution is 5.20. The number of furan rings is 1. The molecule has 0 aliphatic carbocycles. The van der Waals surface area contributed by atoms with Gasteiger partial charge in [0.1, 0.15) is 11.5 Å². The molecule has 1 aliphatic rings. The van der Waals surface area contributed by atoms with E-state index in [0.717, 1.165) is 24.0 Å². The molecule has 0 saturated carbocycles. The second-order valence-electron chi connectivity index (χ2n) is 5.13. The van der Waals surface area contributed by atoms with Gasteiger partial charge < -0.3 is 10.2 Å². The molecule has 0 bridgehead atoms. The van der Waals surface area contributed by atoms with Crippen LogP contribution >= 0.6 is 0 Å². The first kappa shape index (κ1) is 12.7. The molecule has 2 heterocycles. The van der Waals surface area contributed by atoms with E-state index in [4.69, 9.17) is 10.2 Å². The van der Waals surface area contributed by atoms with Crippen molar-refractivity contribution in [2.24, 2.45) is 11.7 Å². The summed E-state index contributed by atoms with van der Waals surface area (Å²) in [5, 5.41) is 0. The Kier molecular flexibility index (Phi) is 4.24. The molecule has 3 heteroatoms. The van der Waals surface area contributed by atoms with E-state index in [1.165, 1.54) is 37.9 Å².